The van der Waals surface area contributed by atoms with Gasteiger partial charge in [0.25, 0.3) is 11.8 Å². The first-order chi connectivity index (χ1) is 20.3. The summed E-state index contributed by atoms with van der Waals surface area (Å²) in [5, 5.41) is 6.36. The summed E-state index contributed by atoms with van der Waals surface area (Å²) in [5.74, 6) is 0.574. The highest BCUT2D eigenvalue weighted by Crippen LogP contribution is 2.29. The number of nitrogens with two attached hydrogens (primary N) is 1. The number of hydrogen-bond acceptors (Lipinski definition) is 7. The molecule has 1 heterocycles. The minimum Gasteiger partial charge on any atom is -0.368 e. The van der Waals surface area contributed by atoms with Crippen LogP contribution in [0.3, 0.4) is 0 Å². The first kappa shape index (κ1) is 30.5. The van der Waals surface area contributed by atoms with Crippen molar-refractivity contribution in [3.05, 3.63) is 84.1 Å². The van der Waals surface area contributed by atoms with Crippen molar-refractivity contribution in [3.8, 4) is 0 Å². The number of aromatic nitrogens is 2. The normalized spacial score (nSPS) is 17.1. The second kappa shape index (κ2) is 15.0. The van der Waals surface area contributed by atoms with Crippen LogP contribution in [0.1, 0.15) is 65.7 Å². The summed E-state index contributed by atoms with van der Waals surface area (Å²) in [4.78, 5) is 51.5. The Hall–Kier alpha value is -4.47. The van der Waals surface area contributed by atoms with Crippen LogP contribution in [0.15, 0.2) is 72.9 Å². The van der Waals surface area contributed by atoms with E-state index in [-0.39, 0.29) is 23.9 Å². The van der Waals surface area contributed by atoms with Gasteiger partial charge >= 0.3 is 0 Å². The number of amides is 3. The third-order valence-corrected chi connectivity index (χ3v) is 7.67. The van der Waals surface area contributed by atoms with Crippen molar-refractivity contribution in [1.82, 2.24) is 20.2 Å². The average molecular weight is 572 g/mol. The van der Waals surface area contributed by atoms with Crippen LogP contribution in [0.4, 0.5) is 11.8 Å². The van der Waals surface area contributed by atoms with Gasteiger partial charge in [0.15, 0.2) is 0 Å². The third kappa shape index (κ3) is 8.28. The van der Waals surface area contributed by atoms with E-state index in [2.05, 4.69) is 20.6 Å². The van der Waals surface area contributed by atoms with Gasteiger partial charge in [-0.15, -0.1) is 0 Å². The molecule has 1 aromatic heterocycles. The second-order valence-corrected chi connectivity index (χ2v) is 10.9. The fourth-order valence-corrected chi connectivity index (χ4v) is 5.41. The van der Waals surface area contributed by atoms with Gasteiger partial charge in [-0.05, 0) is 75.3 Å². The molecule has 4 N–H and O–H groups in total. The summed E-state index contributed by atoms with van der Waals surface area (Å²) in [7, 11) is 3.87. The van der Waals surface area contributed by atoms with E-state index in [1.165, 1.54) is 0 Å². The quantitative estimate of drug-likeness (QED) is 0.265. The minimum absolute atomic E-state index is 0.125. The van der Waals surface area contributed by atoms with Crippen LogP contribution < -0.4 is 21.3 Å². The molecule has 1 saturated carbocycles. The van der Waals surface area contributed by atoms with Gasteiger partial charge in [0, 0.05) is 50.0 Å². The topological polar surface area (TPSA) is 134 Å². The van der Waals surface area contributed by atoms with Crippen LogP contribution in [0, 0.1) is 0 Å². The Bertz CT molecular complexity index is 1310. The Labute approximate surface area is 247 Å². The van der Waals surface area contributed by atoms with Gasteiger partial charge in [-0.1, -0.05) is 36.4 Å². The maximum absolute atomic E-state index is 13.8. The molecule has 10 nitrogen and oxygen atoms in total. The van der Waals surface area contributed by atoms with Crippen LogP contribution in [0.5, 0.6) is 0 Å². The number of carbonyl (C=O) groups is 3. The summed E-state index contributed by atoms with van der Waals surface area (Å²) in [5.41, 5.74) is 7.07. The van der Waals surface area contributed by atoms with Gasteiger partial charge in [0.1, 0.15) is 11.9 Å². The molecule has 0 spiro atoms. The summed E-state index contributed by atoms with van der Waals surface area (Å²) in [6.07, 6.45) is 6.52. The van der Waals surface area contributed by atoms with Gasteiger partial charge in [0.2, 0.25) is 11.9 Å². The van der Waals surface area contributed by atoms with Crippen molar-refractivity contribution in [2.24, 2.45) is 5.73 Å². The predicted molar refractivity (Wildman–Crippen MR) is 164 cm³/mol. The molecular formula is C32H41N7O3. The van der Waals surface area contributed by atoms with E-state index in [1.807, 2.05) is 61.5 Å². The number of primary amides is 1. The Morgan fingerprint density at radius 3 is 2.17 bits per heavy atom. The highest BCUT2D eigenvalue weighted by Gasteiger charge is 2.36. The summed E-state index contributed by atoms with van der Waals surface area (Å²) < 4.78 is 0. The third-order valence-electron chi connectivity index (χ3n) is 7.67. The van der Waals surface area contributed by atoms with E-state index in [0.29, 0.717) is 42.9 Å². The summed E-state index contributed by atoms with van der Waals surface area (Å²) >= 11 is 0. The zero-order valence-electron chi connectivity index (χ0n) is 24.4. The molecule has 0 aliphatic heterocycles. The Balaban J connectivity index is 1.39. The van der Waals surface area contributed by atoms with Gasteiger partial charge < -0.3 is 26.2 Å². The maximum Gasteiger partial charge on any atom is 0.254 e. The van der Waals surface area contributed by atoms with E-state index in [9.17, 15) is 14.4 Å². The van der Waals surface area contributed by atoms with Crippen molar-refractivity contribution < 1.29 is 14.4 Å². The fourth-order valence-electron chi connectivity index (χ4n) is 5.41. The molecule has 10 heteroatoms. The number of benzene rings is 2. The number of nitrogens with zero attached hydrogens (tertiary/aromatic N) is 4. The number of rotatable bonds is 13. The zero-order chi connectivity index (χ0) is 29.9. The van der Waals surface area contributed by atoms with E-state index in [1.54, 1.807) is 35.4 Å². The van der Waals surface area contributed by atoms with Crippen molar-refractivity contribution >= 4 is 29.5 Å². The van der Waals surface area contributed by atoms with Crippen molar-refractivity contribution in [2.75, 3.05) is 30.9 Å². The number of nitrogens with one attached hydrogen (secondary N) is 2. The maximum atomic E-state index is 13.8. The molecule has 0 radical (unpaired) electrons. The lowest BCUT2D eigenvalue weighted by atomic mass is 9.88. The number of anilines is 2. The molecule has 42 heavy (non-hydrogen) atoms. The van der Waals surface area contributed by atoms with Crippen LogP contribution in [0.2, 0.25) is 0 Å². The Kier molecular flexibility index (Phi) is 10.9. The highest BCUT2D eigenvalue weighted by molar-refractivity contribution is 5.97. The predicted octanol–water partition coefficient (Wildman–Crippen LogP) is 3.86. The van der Waals surface area contributed by atoms with Crippen molar-refractivity contribution in [3.63, 3.8) is 0 Å². The lowest BCUT2D eigenvalue weighted by Crippen LogP contribution is -2.54. The first-order valence-electron chi connectivity index (χ1n) is 14.6. The number of carbonyl (C=O) groups excluding carboxylic acids is 3. The van der Waals surface area contributed by atoms with Gasteiger partial charge in [0.05, 0.1) is 0 Å². The minimum atomic E-state index is -0.739. The summed E-state index contributed by atoms with van der Waals surface area (Å²) in [6, 6.07) is 19.3. The SMILES string of the molecule is CN(C)c1ccnc(N[C@H]2CC[C@@H](N(C(=O)c3ccccc3)[C@@H](CCCCNC(=O)c3ccccc3)C(N)=O)CC2)n1. The largest absolute Gasteiger partial charge is 0.368 e. The smallest absolute Gasteiger partial charge is 0.254 e. The van der Waals surface area contributed by atoms with Gasteiger partial charge in [-0.3, -0.25) is 14.4 Å². The molecule has 1 atom stereocenters. The van der Waals surface area contributed by atoms with Crippen molar-refractivity contribution in [1.29, 1.82) is 0 Å². The van der Waals surface area contributed by atoms with Gasteiger partial charge in [-0.2, -0.15) is 4.98 Å². The molecule has 222 valence electrons. The highest BCUT2D eigenvalue weighted by atomic mass is 16.2. The van der Waals surface area contributed by atoms with Crippen molar-refractivity contribution in [2.45, 2.75) is 63.1 Å². The molecule has 4 rings (SSSR count). The van der Waals surface area contributed by atoms with E-state index >= 15 is 0 Å². The number of hydrogen-bond donors (Lipinski definition) is 3. The fraction of sp³-hybridized carbons (Fsp3) is 0.406. The first-order valence-corrected chi connectivity index (χ1v) is 14.6. The lowest BCUT2D eigenvalue weighted by Gasteiger charge is -2.40. The Morgan fingerprint density at radius 1 is 0.905 bits per heavy atom. The lowest BCUT2D eigenvalue weighted by molar-refractivity contribution is -0.123. The molecule has 3 amide bonds. The molecule has 2 aromatic carbocycles. The molecule has 0 unspecified atom stereocenters. The van der Waals surface area contributed by atoms with Crippen LogP contribution in [-0.4, -0.2) is 71.4 Å². The van der Waals surface area contributed by atoms with Gasteiger partial charge in [-0.25, -0.2) is 4.98 Å². The standard InChI is InChI=1S/C32H41N7O3/c1-38(2)28-20-22-35-32(37-28)36-25-16-18-26(19-17-25)39(31(42)24-13-7-4-8-14-24)27(29(33)40)15-9-10-21-34-30(41)23-11-5-3-6-12-23/h3-8,11-14,20,22,25-27H,9-10,15-19,21H2,1-2H3,(H2,33,40)(H,34,41)(H,35,36,37)/t25-,26+,27-/m0/s1. The van der Waals surface area contributed by atoms with E-state index < -0.39 is 11.9 Å². The van der Waals surface area contributed by atoms with Crippen LogP contribution >= 0.6 is 0 Å². The zero-order valence-corrected chi connectivity index (χ0v) is 24.4. The van der Waals surface area contributed by atoms with E-state index in [4.69, 9.17) is 5.73 Å². The molecular weight excluding hydrogens is 530 g/mol. The molecule has 3 aromatic rings. The molecule has 1 aliphatic carbocycles. The molecule has 1 fully saturated rings. The van der Waals surface area contributed by atoms with E-state index in [0.717, 1.165) is 31.5 Å². The molecule has 1 aliphatic rings. The molecule has 0 saturated heterocycles. The van der Waals surface area contributed by atoms with Crippen LogP contribution in [0.25, 0.3) is 0 Å². The Morgan fingerprint density at radius 2 is 1.55 bits per heavy atom. The second-order valence-electron chi connectivity index (χ2n) is 10.9. The average Bonchev–Trinajstić information content (AvgIpc) is 3.01. The number of unbranched alkanes of at least 4 members (excludes halogenated alkanes) is 1. The monoisotopic (exact) mass is 571 g/mol. The molecule has 0 bridgehead atoms. The van der Waals surface area contributed by atoms with Crippen LogP contribution in [-0.2, 0) is 4.79 Å². The summed E-state index contributed by atoms with van der Waals surface area (Å²) in [6.45, 7) is 0.472.